The van der Waals surface area contributed by atoms with Gasteiger partial charge in [0.15, 0.2) is 0 Å². The van der Waals surface area contributed by atoms with E-state index in [1.165, 1.54) is 6.42 Å². The Labute approximate surface area is 125 Å². The summed E-state index contributed by atoms with van der Waals surface area (Å²) < 4.78 is 0. The third-order valence-corrected chi connectivity index (χ3v) is 4.31. The van der Waals surface area contributed by atoms with E-state index in [-0.39, 0.29) is 18.1 Å². The van der Waals surface area contributed by atoms with Crippen LogP contribution >= 0.6 is 0 Å². The van der Waals surface area contributed by atoms with E-state index in [0.29, 0.717) is 22.9 Å². The van der Waals surface area contributed by atoms with E-state index >= 15 is 0 Å². The van der Waals surface area contributed by atoms with Crippen LogP contribution in [0, 0.1) is 5.92 Å². The van der Waals surface area contributed by atoms with Gasteiger partial charge >= 0.3 is 0 Å². The van der Waals surface area contributed by atoms with Crippen molar-refractivity contribution in [3.8, 4) is 0 Å². The summed E-state index contributed by atoms with van der Waals surface area (Å²) in [6.45, 7) is 2.25. The van der Waals surface area contributed by atoms with Crippen LogP contribution in [0.25, 0.3) is 0 Å². The highest BCUT2D eigenvalue weighted by Gasteiger charge is 2.35. The highest BCUT2D eigenvalue weighted by molar-refractivity contribution is 6.00. The van der Waals surface area contributed by atoms with Gasteiger partial charge in [-0.3, -0.25) is 4.79 Å². The summed E-state index contributed by atoms with van der Waals surface area (Å²) in [4.78, 5) is 12.0. The average Bonchev–Trinajstić information content (AvgIpc) is 2.46. The predicted octanol–water partition coefficient (Wildman–Crippen LogP) is 1.98. The summed E-state index contributed by atoms with van der Waals surface area (Å²) in [7, 11) is 1.60. The lowest BCUT2D eigenvalue weighted by atomic mass is 9.76. The lowest BCUT2D eigenvalue weighted by Crippen LogP contribution is -2.46. The fourth-order valence-electron chi connectivity index (χ4n) is 3.24. The number of hydrogen-bond acceptors (Lipinski definition) is 4. The Bertz CT molecular complexity index is 518. The molecule has 21 heavy (non-hydrogen) atoms. The minimum atomic E-state index is -0.367. The molecular formula is C16H25N3O2. The molecule has 0 bridgehead atoms. The summed E-state index contributed by atoms with van der Waals surface area (Å²) in [5.41, 5.74) is 7.33. The van der Waals surface area contributed by atoms with Gasteiger partial charge in [0.2, 0.25) is 0 Å². The first kappa shape index (κ1) is 15.6. The van der Waals surface area contributed by atoms with Gasteiger partial charge in [-0.1, -0.05) is 19.8 Å². The van der Waals surface area contributed by atoms with Crippen LogP contribution in [0.15, 0.2) is 18.2 Å². The summed E-state index contributed by atoms with van der Waals surface area (Å²) >= 11 is 0. The fraction of sp³-hybridized carbons (Fsp3) is 0.562. The molecule has 5 heteroatoms. The van der Waals surface area contributed by atoms with Crippen molar-refractivity contribution in [2.75, 3.05) is 24.7 Å². The molecule has 1 aromatic carbocycles. The van der Waals surface area contributed by atoms with E-state index in [2.05, 4.69) is 17.6 Å². The summed E-state index contributed by atoms with van der Waals surface area (Å²) in [6, 6.07) is 5.19. The van der Waals surface area contributed by atoms with Crippen LogP contribution in [0.3, 0.4) is 0 Å². The van der Waals surface area contributed by atoms with E-state index < -0.39 is 0 Å². The smallest absolute Gasteiger partial charge is 0.253 e. The van der Waals surface area contributed by atoms with Gasteiger partial charge in [0.05, 0.1) is 17.7 Å². The Balaban J connectivity index is 2.32. The molecule has 0 heterocycles. The topological polar surface area (TPSA) is 87.4 Å². The van der Waals surface area contributed by atoms with Crippen molar-refractivity contribution < 1.29 is 9.90 Å². The third-order valence-electron chi connectivity index (χ3n) is 4.31. The minimum absolute atomic E-state index is 0.0549. The van der Waals surface area contributed by atoms with Gasteiger partial charge in [-0.15, -0.1) is 0 Å². The van der Waals surface area contributed by atoms with E-state index in [4.69, 9.17) is 5.73 Å². The average molecular weight is 291 g/mol. The molecule has 1 aliphatic carbocycles. The number of amides is 1. The van der Waals surface area contributed by atoms with Crippen LogP contribution in [0.2, 0.25) is 0 Å². The zero-order valence-electron chi connectivity index (χ0n) is 12.8. The maximum atomic E-state index is 12.0. The van der Waals surface area contributed by atoms with Crippen LogP contribution in [0.5, 0.6) is 0 Å². The first-order chi connectivity index (χ1) is 9.99. The Hall–Kier alpha value is -1.75. The fourth-order valence-corrected chi connectivity index (χ4v) is 3.24. The number of anilines is 2. The Kier molecular flexibility index (Phi) is 4.73. The highest BCUT2D eigenvalue weighted by Crippen LogP contribution is 2.36. The molecule has 1 aliphatic rings. The van der Waals surface area contributed by atoms with Crippen LogP contribution < -0.4 is 16.4 Å². The van der Waals surface area contributed by atoms with Crippen LogP contribution in [-0.2, 0) is 0 Å². The molecule has 0 aliphatic heterocycles. The number of carbonyl (C=O) groups is 1. The molecule has 1 amide bonds. The monoisotopic (exact) mass is 291 g/mol. The zero-order valence-corrected chi connectivity index (χ0v) is 12.8. The molecule has 116 valence electrons. The third kappa shape index (κ3) is 3.47. The quantitative estimate of drug-likeness (QED) is 0.639. The van der Waals surface area contributed by atoms with Crippen molar-refractivity contribution in [3.63, 3.8) is 0 Å². The zero-order chi connectivity index (χ0) is 15.5. The number of nitrogen functional groups attached to an aromatic ring is 1. The lowest BCUT2D eigenvalue weighted by molar-refractivity contribution is 0.0963. The summed E-state index contributed by atoms with van der Waals surface area (Å²) in [6.07, 6.45) is 4.05. The molecule has 1 saturated carbocycles. The molecule has 0 spiro atoms. The molecule has 2 unspecified atom stereocenters. The second-order valence-electron chi connectivity index (χ2n) is 6.15. The molecule has 1 aromatic rings. The second-order valence-corrected chi connectivity index (χ2v) is 6.15. The number of hydrogen-bond donors (Lipinski definition) is 4. The van der Waals surface area contributed by atoms with Crippen LogP contribution in [0.4, 0.5) is 11.4 Å². The number of nitrogens with two attached hydrogens (primary N) is 1. The highest BCUT2D eigenvalue weighted by atomic mass is 16.3. The number of benzene rings is 1. The number of aliphatic hydroxyl groups excluding tert-OH is 1. The van der Waals surface area contributed by atoms with Crippen molar-refractivity contribution in [2.45, 2.75) is 38.1 Å². The molecule has 1 fully saturated rings. The van der Waals surface area contributed by atoms with Gasteiger partial charge < -0.3 is 21.5 Å². The lowest BCUT2D eigenvalue weighted by Gasteiger charge is -2.40. The largest absolute Gasteiger partial charge is 0.399 e. The first-order valence-electron chi connectivity index (χ1n) is 7.50. The molecule has 2 rings (SSSR count). The van der Waals surface area contributed by atoms with Crippen molar-refractivity contribution in [2.24, 2.45) is 5.92 Å². The van der Waals surface area contributed by atoms with Gasteiger partial charge in [-0.2, -0.15) is 0 Å². The van der Waals surface area contributed by atoms with Crippen molar-refractivity contribution in [1.82, 2.24) is 5.32 Å². The predicted molar refractivity (Wildman–Crippen MR) is 85.3 cm³/mol. The Morgan fingerprint density at radius 2 is 2.29 bits per heavy atom. The Morgan fingerprint density at radius 3 is 2.90 bits per heavy atom. The number of carbonyl (C=O) groups excluding carboxylic acids is 1. The van der Waals surface area contributed by atoms with E-state index in [1.54, 1.807) is 25.2 Å². The van der Waals surface area contributed by atoms with Crippen LogP contribution in [0.1, 0.15) is 43.0 Å². The standard InChI is InChI=1S/C16H25N3O2/c1-11-4-3-7-16(9-11,10-20)19-14-8-12(17)5-6-13(14)15(21)18-2/h5-6,8,11,19-20H,3-4,7,9-10,17H2,1-2H3,(H,18,21). The van der Waals surface area contributed by atoms with E-state index in [9.17, 15) is 9.90 Å². The molecule has 2 atom stereocenters. The van der Waals surface area contributed by atoms with Crippen molar-refractivity contribution >= 4 is 17.3 Å². The molecule has 0 aromatic heterocycles. The normalized spacial score (nSPS) is 25.4. The maximum absolute atomic E-state index is 12.0. The molecule has 5 nitrogen and oxygen atoms in total. The number of nitrogens with one attached hydrogen (secondary N) is 2. The van der Waals surface area contributed by atoms with Crippen molar-refractivity contribution in [3.05, 3.63) is 23.8 Å². The van der Waals surface area contributed by atoms with Crippen molar-refractivity contribution in [1.29, 1.82) is 0 Å². The molecule has 5 N–H and O–H groups in total. The van der Waals surface area contributed by atoms with E-state index in [1.807, 2.05) is 0 Å². The summed E-state index contributed by atoms with van der Waals surface area (Å²) in [5.74, 6) is 0.400. The first-order valence-corrected chi connectivity index (χ1v) is 7.50. The van der Waals surface area contributed by atoms with Gasteiger partial charge in [0.25, 0.3) is 5.91 Å². The molecular weight excluding hydrogens is 266 g/mol. The van der Waals surface area contributed by atoms with Gasteiger partial charge in [0.1, 0.15) is 0 Å². The summed E-state index contributed by atoms with van der Waals surface area (Å²) in [5, 5.41) is 15.9. The SMILES string of the molecule is CNC(=O)c1ccc(N)cc1NC1(CO)CCCC(C)C1. The maximum Gasteiger partial charge on any atom is 0.253 e. The molecule has 0 radical (unpaired) electrons. The van der Waals surface area contributed by atoms with Gasteiger partial charge in [-0.25, -0.2) is 0 Å². The van der Waals surface area contributed by atoms with Gasteiger partial charge in [0, 0.05) is 18.4 Å². The van der Waals surface area contributed by atoms with Crippen LogP contribution in [-0.4, -0.2) is 30.2 Å². The minimum Gasteiger partial charge on any atom is -0.399 e. The van der Waals surface area contributed by atoms with E-state index in [0.717, 1.165) is 19.3 Å². The number of aliphatic hydroxyl groups is 1. The molecule has 0 saturated heterocycles. The Morgan fingerprint density at radius 1 is 1.52 bits per heavy atom. The number of rotatable bonds is 4. The van der Waals surface area contributed by atoms with Gasteiger partial charge in [-0.05, 0) is 37.0 Å². The second kappa shape index (κ2) is 6.35.